The van der Waals surface area contributed by atoms with Gasteiger partial charge in [0.15, 0.2) is 0 Å². The molecule has 2 aromatic heterocycles. The van der Waals surface area contributed by atoms with Gasteiger partial charge in [-0.25, -0.2) is 4.79 Å². The first-order chi connectivity index (χ1) is 11.5. The Kier molecular flexibility index (Phi) is 4.51. The first-order valence-electron chi connectivity index (χ1n) is 7.24. The molecule has 0 aliphatic heterocycles. The van der Waals surface area contributed by atoms with Crippen molar-refractivity contribution >= 4 is 39.6 Å². The highest BCUT2D eigenvalue weighted by molar-refractivity contribution is 7.15. The van der Waals surface area contributed by atoms with Gasteiger partial charge in [0.1, 0.15) is 10.6 Å². The van der Waals surface area contributed by atoms with E-state index in [-0.39, 0.29) is 11.5 Å². The molecule has 2 N–H and O–H groups in total. The summed E-state index contributed by atoms with van der Waals surface area (Å²) in [4.78, 5) is 24.7. The number of nitrogens with one attached hydrogen (secondary N) is 1. The van der Waals surface area contributed by atoms with Crippen LogP contribution in [0.15, 0.2) is 41.1 Å². The average molecular weight is 357 g/mol. The van der Waals surface area contributed by atoms with E-state index in [1.165, 1.54) is 22.7 Å². The zero-order valence-electron chi connectivity index (χ0n) is 13.1. The Morgan fingerprint density at radius 3 is 2.33 bits per heavy atom. The lowest BCUT2D eigenvalue weighted by Gasteiger charge is -2.06. The van der Waals surface area contributed by atoms with Crippen LogP contribution in [0.3, 0.4) is 0 Å². The molecule has 3 aromatic rings. The third kappa shape index (κ3) is 3.11. The molecule has 0 atom stereocenters. The minimum atomic E-state index is -1.05. The summed E-state index contributed by atoms with van der Waals surface area (Å²) in [6.45, 7) is 3.83. The van der Waals surface area contributed by atoms with E-state index in [2.05, 4.69) is 5.32 Å². The van der Waals surface area contributed by atoms with E-state index in [1.54, 1.807) is 5.38 Å². The number of carboxylic acid groups (broad SMARTS) is 1. The number of carbonyl (C=O) groups is 2. The molecule has 24 heavy (non-hydrogen) atoms. The maximum Gasteiger partial charge on any atom is 0.339 e. The van der Waals surface area contributed by atoms with Crippen molar-refractivity contribution in [1.82, 2.24) is 0 Å². The lowest BCUT2D eigenvalue weighted by molar-refractivity contribution is 0.0699. The molecule has 0 aliphatic rings. The highest BCUT2D eigenvalue weighted by atomic mass is 32.1. The maximum absolute atomic E-state index is 12.4. The molecule has 4 nitrogen and oxygen atoms in total. The Bertz CT molecular complexity index is 907. The molecule has 1 amide bonds. The van der Waals surface area contributed by atoms with Crippen molar-refractivity contribution in [2.75, 3.05) is 5.32 Å². The summed E-state index contributed by atoms with van der Waals surface area (Å²) in [6.07, 6.45) is 0. The van der Waals surface area contributed by atoms with Crippen molar-refractivity contribution in [3.63, 3.8) is 0 Å². The number of hydrogen-bond acceptors (Lipinski definition) is 4. The Hall–Kier alpha value is -2.44. The summed E-state index contributed by atoms with van der Waals surface area (Å²) in [5.74, 6) is -1.33. The third-order valence-electron chi connectivity index (χ3n) is 3.66. The molecule has 0 fully saturated rings. The molecule has 0 saturated heterocycles. The molecule has 0 bridgehead atoms. The summed E-state index contributed by atoms with van der Waals surface area (Å²) >= 11 is 2.57. The van der Waals surface area contributed by atoms with Crippen molar-refractivity contribution in [2.24, 2.45) is 0 Å². The van der Waals surface area contributed by atoms with Crippen LogP contribution >= 0.6 is 22.7 Å². The Labute approximate surface area is 147 Å². The Balaban J connectivity index is 1.98. The summed E-state index contributed by atoms with van der Waals surface area (Å²) in [7, 11) is 0. The van der Waals surface area contributed by atoms with Gasteiger partial charge in [-0.15, -0.1) is 22.7 Å². The number of amides is 1. The van der Waals surface area contributed by atoms with E-state index in [1.807, 2.05) is 49.6 Å². The number of anilines is 1. The Morgan fingerprint density at radius 2 is 1.75 bits per heavy atom. The molecule has 0 saturated carbocycles. The Morgan fingerprint density at radius 1 is 1.04 bits per heavy atom. The van der Waals surface area contributed by atoms with Crippen molar-refractivity contribution in [3.8, 4) is 11.1 Å². The minimum Gasteiger partial charge on any atom is -0.478 e. The van der Waals surface area contributed by atoms with Crippen LogP contribution < -0.4 is 5.32 Å². The zero-order valence-corrected chi connectivity index (χ0v) is 14.8. The summed E-state index contributed by atoms with van der Waals surface area (Å²) < 4.78 is 0. The van der Waals surface area contributed by atoms with Gasteiger partial charge in [0.25, 0.3) is 5.91 Å². The van der Waals surface area contributed by atoms with Gasteiger partial charge in [-0.1, -0.05) is 29.8 Å². The number of thiophene rings is 2. The van der Waals surface area contributed by atoms with Crippen LogP contribution in [0, 0.1) is 13.8 Å². The van der Waals surface area contributed by atoms with Crippen LogP contribution in [0.2, 0.25) is 0 Å². The fraction of sp³-hybridized carbons (Fsp3) is 0.111. The number of aromatic carboxylic acids is 1. The van der Waals surface area contributed by atoms with Crippen LogP contribution in [0.5, 0.6) is 0 Å². The molecule has 6 heteroatoms. The van der Waals surface area contributed by atoms with Crippen molar-refractivity contribution < 1.29 is 14.7 Å². The largest absolute Gasteiger partial charge is 0.478 e. The topological polar surface area (TPSA) is 66.4 Å². The number of benzene rings is 1. The highest BCUT2D eigenvalue weighted by Gasteiger charge is 2.22. The fourth-order valence-corrected chi connectivity index (χ4v) is 4.15. The van der Waals surface area contributed by atoms with Crippen molar-refractivity contribution in [1.29, 1.82) is 0 Å². The van der Waals surface area contributed by atoms with Gasteiger partial charge in [-0.05, 0) is 36.4 Å². The zero-order chi connectivity index (χ0) is 17.3. The number of carboxylic acids is 1. The smallest absolute Gasteiger partial charge is 0.339 e. The monoisotopic (exact) mass is 357 g/mol. The van der Waals surface area contributed by atoms with Crippen LogP contribution in [0.1, 0.15) is 31.2 Å². The SMILES string of the molecule is Cc1ccc(-c2csc(NC(=O)c3sccc3C)c2C(=O)O)cc1. The van der Waals surface area contributed by atoms with Gasteiger partial charge < -0.3 is 10.4 Å². The van der Waals surface area contributed by atoms with Gasteiger partial charge in [0, 0.05) is 10.9 Å². The molecule has 122 valence electrons. The van der Waals surface area contributed by atoms with Crippen LogP contribution in [0.4, 0.5) is 5.00 Å². The van der Waals surface area contributed by atoms with Crippen LogP contribution in [-0.4, -0.2) is 17.0 Å². The molecule has 0 aliphatic carbocycles. The predicted molar refractivity (Wildman–Crippen MR) is 98.5 cm³/mol. The lowest BCUT2D eigenvalue weighted by atomic mass is 10.0. The van der Waals surface area contributed by atoms with Crippen LogP contribution in [0.25, 0.3) is 11.1 Å². The van der Waals surface area contributed by atoms with Gasteiger partial charge in [-0.2, -0.15) is 0 Å². The van der Waals surface area contributed by atoms with Crippen molar-refractivity contribution in [3.05, 3.63) is 62.7 Å². The van der Waals surface area contributed by atoms with E-state index in [4.69, 9.17) is 0 Å². The number of aryl methyl sites for hydroxylation is 2. The van der Waals surface area contributed by atoms with E-state index >= 15 is 0 Å². The number of rotatable bonds is 4. The molecular weight excluding hydrogens is 342 g/mol. The second-order valence-corrected chi connectivity index (χ2v) is 7.21. The van der Waals surface area contributed by atoms with E-state index in [9.17, 15) is 14.7 Å². The van der Waals surface area contributed by atoms with Gasteiger partial charge in [-0.3, -0.25) is 4.79 Å². The molecule has 1 aromatic carbocycles. The standard InChI is InChI=1S/C18H15NO3S2/c1-10-3-5-12(6-4-10)13-9-24-17(14(13)18(21)22)19-16(20)15-11(2)7-8-23-15/h3-9H,1-2H3,(H,19,20)(H,21,22). The summed E-state index contributed by atoms with van der Waals surface area (Å²) in [5.41, 5.74) is 3.55. The van der Waals surface area contributed by atoms with E-state index < -0.39 is 5.97 Å². The van der Waals surface area contributed by atoms with Gasteiger partial charge in [0.05, 0.1) is 4.88 Å². The van der Waals surface area contributed by atoms with E-state index in [0.717, 1.165) is 16.7 Å². The fourth-order valence-electron chi connectivity index (χ4n) is 2.37. The molecule has 0 unspecified atom stereocenters. The van der Waals surface area contributed by atoms with Crippen LogP contribution in [-0.2, 0) is 0 Å². The second-order valence-electron chi connectivity index (χ2n) is 5.41. The molecule has 2 heterocycles. The van der Waals surface area contributed by atoms with E-state index in [0.29, 0.717) is 15.4 Å². The van der Waals surface area contributed by atoms with Crippen molar-refractivity contribution in [2.45, 2.75) is 13.8 Å². The molecule has 0 radical (unpaired) electrons. The average Bonchev–Trinajstić information content (AvgIpc) is 3.14. The quantitative estimate of drug-likeness (QED) is 0.687. The molecular formula is C18H15NO3S2. The predicted octanol–water partition coefficient (Wildman–Crippen LogP) is 5.04. The highest BCUT2D eigenvalue weighted by Crippen LogP contribution is 2.36. The minimum absolute atomic E-state index is 0.131. The van der Waals surface area contributed by atoms with Gasteiger partial charge >= 0.3 is 5.97 Å². The summed E-state index contributed by atoms with van der Waals surface area (Å²) in [6, 6.07) is 9.51. The van der Waals surface area contributed by atoms with Gasteiger partial charge in [0.2, 0.25) is 0 Å². The summed E-state index contributed by atoms with van der Waals surface area (Å²) in [5, 5.41) is 16.3. The number of carbonyl (C=O) groups excluding carboxylic acids is 1. The first kappa shape index (κ1) is 16.4. The first-order valence-corrected chi connectivity index (χ1v) is 9.00. The third-order valence-corrected chi connectivity index (χ3v) is 5.57. The number of hydrogen-bond donors (Lipinski definition) is 2. The lowest BCUT2D eigenvalue weighted by Crippen LogP contribution is -2.13. The molecule has 0 spiro atoms. The normalized spacial score (nSPS) is 10.6. The maximum atomic E-state index is 12.4. The second kappa shape index (κ2) is 6.59. The molecule has 3 rings (SSSR count).